The average molecular weight is 595 g/mol. The van der Waals surface area contributed by atoms with E-state index in [0.29, 0.717) is 53.9 Å². The molecule has 0 saturated carbocycles. The third kappa shape index (κ3) is 2.10. The highest BCUT2D eigenvalue weighted by molar-refractivity contribution is 6.68. The highest BCUT2D eigenvalue weighted by Crippen LogP contribution is 2.62. The fourth-order valence-electron chi connectivity index (χ4n) is 4.55. The van der Waals surface area contributed by atoms with Gasteiger partial charge in [-0.25, -0.2) is 0 Å². The molecular formula is C20Cl10. The SMILES string of the molecule is Clc1c(Cl)c2c(Cl)c(Cl)c3c(Cl)c(Cl)c4c(Cl)c(Cl)c5c(Cl)c(Cl)c1c1c2c3c4c51. The minimum Gasteiger partial charge on any atom is -0.0819 e. The topological polar surface area (TPSA) is 0 Å². The smallest absolute Gasteiger partial charge is 0.0693 e. The maximum atomic E-state index is 6.65. The van der Waals surface area contributed by atoms with E-state index in [-0.39, 0.29) is 50.2 Å². The van der Waals surface area contributed by atoms with E-state index in [0.717, 1.165) is 0 Å². The Bertz CT molecular complexity index is 1330. The van der Waals surface area contributed by atoms with E-state index in [4.69, 9.17) is 116 Å². The van der Waals surface area contributed by atoms with E-state index >= 15 is 0 Å². The molecule has 0 spiro atoms. The van der Waals surface area contributed by atoms with Crippen molar-refractivity contribution in [2.75, 3.05) is 0 Å². The van der Waals surface area contributed by atoms with Crippen molar-refractivity contribution in [3.63, 3.8) is 0 Å². The van der Waals surface area contributed by atoms with Gasteiger partial charge in [-0.05, 0) is 0 Å². The third-order valence-corrected chi connectivity index (χ3v) is 9.92. The van der Waals surface area contributed by atoms with Crippen LogP contribution in [0.15, 0.2) is 0 Å². The van der Waals surface area contributed by atoms with Gasteiger partial charge in [-0.1, -0.05) is 116 Å². The first kappa shape index (κ1) is 20.9. The van der Waals surface area contributed by atoms with Gasteiger partial charge in [0.15, 0.2) is 0 Å². The van der Waals surface area contributed by atoms with Crippen LogP contribution in [0.4, 0.5) is 0 Å². The van der Waals surface area contributed by atoms with Crippen molar-refractivity contribution < 1.29 is 0 Å². The lowest BCUT2D eigenvalue weighted by Gasteiger charge is -2.15. The molecule has 10 heteroatoms. The van der Waals surface area contributed by atoms with Gasteiger partial charge in [-0.2, -0.15) is 0 Å². The van der Waals surface area contributed by atoms with Crippen LogP contribution in [0.5, 0.6) is 0 Å². The zero-order valence-electron chi connectivity index (χ0n) is 13.8. The molecule has 0 aliphatic carbocycles. The minimum absolute atomic E-state index is 0.203. The standard InChI is InChI=1S/C20Cl10/c21-11-6-1-2-4-5-3(1)8(14(24)12(6)22)16(26)18(28)10(5)20(30)19(29)9(4)17(27)15(25)7(2)13(11)23. The van der Waals surface area contributed by atoms with Crippen LogP contribution in [0.1, 0.15) is 0 Å². The predicted molar refractivity (Wildman–Crippen MR) is 138 cm³/mol. The van der Waals surface area contributed by atoms with E-state index in [2.05, 4.69) is 0 Å². The molecule has 0 bridgehead atoms. The van der Waals surface area contributed by atoms with E-state index in [1.807, 2.05) is 0 Å². The van der Waals surface area contributed by atoms with Crippen LogP contribution in [-0.2, 0) is 0 Å². The van der Waals surface area contributed by atoms with Gasteiger partial charge in [0.05, 0.1) is 50.2 Å². The van der Waals surface area contributed by atoms with Crippen LogP contribution >= 0.6 is 116 Å². The van der Waals surface area contributed by atoms with Crippen molar-refractivity contribution in [1.29, 1.82) is 0 Å². The van der Waals surface area contributed by atoms with Crippen molar-refractivity contribution in [2.24, 2.45) is 0 Å². The summed E-state index contributed by atoms with van der Waals surface area (Å²) in [5.41, 5.74) is 0. The Kier molecular flexibility index (Phi) is 4.49. The van der Waals surface area contributed by atoms with E-state index < -0.39 is 0 Å². The minimum atomic E-state index is 0.203. The predicted octanol–water partition coefficient (Wildman–Crippen LogP) is 12.3. The largest absolute Gasteiger partial charge is 0.0819 e. The van der Waals surface area contributed by atoms with Crippen LogP contribution < -0.4 is 0 Å². The quantitative estimate of drug-likeness (QED) is 0.153. The molecule has 6 aromatic rings. The van der Waals surface area contributed by atoms with Gasteiger partial charge >= 0.3 is 0 Å². The number of hydrogen-bond donors (Lipinski definition) is 0. The molecule has 0 N–H and O–H groups in total. The molecule has 0 radical (unpaired) electrons. The van der Waals surface area contributed by atoms with Crippen molar-refractivity contribution in [3.8, 4) is 0 Å². The lowest BCUT2D eigenvalue weighted by Crippen LogP contribution is -1.87. The van der Waals surface area contributed by atoms with Crippen molar-refractivity contribution in [3.05, 3.63) is 50.2 Å². The summed E-state index contributed by atoms with van der Waals surface area (Å²) in [5.74, 6) is 0. The maximum absolute atomic E-state index is 6.65. The summed E-state index contributed by atoms with van der Waals surface area (Å²) < 4.78 is 0. The van der Waals surface area contributed by atoms with Gasteiger partial charge in [0.2, 0.25) is 0 Å². The summed E-state index contributed by atoms with van der Waals surface area (Å²) in [6.45, 7) is 0. The summed E-state index contributed by atoms with van der Waals surface area (Å²) in [6.07, 6.45) is 0. The van der Waals surface area contributed by atoms with Crippen LogP contribution in [0, 0.1) is 0 Å². The molecule has 0 nitrogen and oxygen atoms in total. The second-order valence-electron chi connectivity index (χ2n) is 6.89. The number of halogens is 10. The van der Waals surface area contributed by atoms with Gasteiger partial charge in [0.25, 0.3) is 0 Å². The molecule has 0 amide bonds. The Morgan fingerprint density at radius 1 is 0.167 bits per heavy atom. The molecule has 6 rings (SSSR count). The molecule has 0 atom stereocenters. The Hall–Kier alpha value is 0.300. The lowest BCUT2D eigenvalue weighted by atomic mass is 9.99. The first-order valence-electron chi connectivity index (χ1n) is 8.14. The van der Waals surface area contributed by atoms with E-state index in [1.165, 1.54) is 0 Å². The Labute approximate surface area is 218 Å². The molecule has 0 saturated heterocycles. The second kappa shape index (κ2) is 6.45. The first-order chi connectivity index (χ1) is 14.1. The average Bonchev–Trinajstić information content (AvgIpc) is 3.02. The molecule has 30 heavy (non-hydrogen) atoms. The van der Waals surface area contributed by atoms with Gasteiger partial charge in [-0.15, -0.1) is 0 Å². The Balaban J connectivity index is 2.27. The van der Waals surface area contributed by atoms with Crippen LogP contribution in [0.3, 0.4) is 0 Å². The van der Waals surface area contributed by atoms with Gasteiger partial charge in [0, 0.05) is 53.9 Å². The number of hydrogen-bond acceptors (Lipinski definition) is 0. The maximum Gasteiger partial charge on any atom is 0.0693 e. The van der Waals surface area contributed by atoms with E-state index in [1.54, 1.807) is 0 Å². The first-order valence-corrected chi connectivity index (χ1v) is 11.9. The highest BCUT2D eigenvalue weighted by atomic mass is 35.5. The van der Waals surface area contributed by atoms with Gasteiger partial charge in [0.1, 0.15) is 0 Å². The van der Waals surface area contributed by atoms with E-state index in [9.17, 15) is 0 Å². The zero-order valence-corrected chi connectivity index (χ0v) is 21.3. The lowest BCUT2D eigenvalue weighted by molar-refractivity contribution is 1.85. The fourth-order valence-corrected chi connectivity index (χ4v) is 7.63. The summed E-state index contributed by atoms with van der Waals surface area (Å²) in [6, 6.07) is 0. The summed E-state index contributed by atoms with van der Waals surface area (Å²) in [5, 5.41) is 7.94. The van der Waals surface area contributed by atoms with Gasteiger partial charge < -0.3 is 0 Å². The fraction of sp³-hybridized carbons (Fsp3) is 0. The molecule has 0 heterocycles. The van der Waals surface area contributed by atoms with Crippen LogP contribution in [-0.4, -0.2) is 0 Å². The summed E-state index contributed by atoms with van der Waals surface area (Å²) >= 11 is 66.5. The van der Waals surface area contributed by atoms with Crippen LogP contribution in [0.25, 0.3) is 53.9 Å². The Morgan fingerprint density at radius 2 is 0.267 bits per heavy atom. The normalized spacial score (nSPS) is 13.0. The third-order valence-electron chi connectivity index (χ3n) is 5.66. The molecule has 0 unspecified atom stereocenters. The molecule has 6 aromatic carbocycles. The van der Waals surface area contributed by atoms with Crippen molar-refractivity contribution in [2.45, 2.75) is 0 Å². The molecule has 0 aromatic heterocycles. The summed E-state index contributed by atoms with van der Waals surface area (Å²) in [7, 11) is 0. The van der Waals surface area contributed by atoms with Crippen molar-refractivity contribution >= 4 is 170 Å². The number of rotatable bonds is 0. The molecule has 0 aliphatic rings. The number of benzene rings is 5. The van der Waals surface area contributed by atoms with Crippen LogP contribution in [0.2, 0.25) is 50.2 Å². The molecular weight excluding hydrogens is 595 g/mol. The highest BCUT2D eigenvalue weighted by Gasteiger charge is 2.34. The zero-order chi connectivity index (χ0) is 21.5. The Morgan fingerprint density at radius 3 is 0.367 bits per heavy atom. The molecule has 150 valence electrons. The monoisotopic (exact) mass is 590 g/mol. The molecule has 0 aliphatic heterocycles. The van der Waals surface area contributed by atoms with Gasteiger partial charge in [-0.3, -0.25) is 0 Å². The molecule has 0 fully saturated rings. The second-order valence-corrected chi connectivity index (χ2v) is 10.7. The van der Waals surface area contributed by atoms with Crippen molar-refractivity contribution in [1.82, 2.24) is 0 Å². The summed E-state index contributed by atoms with van der Waals surface area (Å²) in [4.78, 5) is 0.